The van der Waals surface area contributed by atoms with E-state index in [0.29, 0.717) is 34.7 Å². The fourth-order valence-electron chi connectivity index (χ4n) is 3.98. The van der Waals surface area contributed by atoms with Gasteiger partial charge in [-0.05, 0) is 49.2 Å². The number of nitrogens with zero attached hydrogens (tertiary/aromatic N) is 5. The third-order valence-electron chi connectivity index (χ3n) is 5.68. The number of rotatable bonds is 7. The van der Waals surface area contributed by atoms with Crippen LogP contribution in [0, 0.1) is 36.5 Å². The van der Waals surface area contributed by atoms with Crippen LogP contribution in [0.5, 0.6) is 11.5 Å². The summed E-state index contributed by atoms with van der Waals surface area (Å²) in [6.07, 6.45) is 1.85. The molecule has 1 aromatic heterocycles. The normalized spacial score (nSPS) is 10.4. The molecule has 2 N–H and O–H groups in total. The Balaban J connectivity index is 1.46. The van der Waals surface area contributed by atoms with E-state index in [9.17, 15) is 10.5 Å². The van der Waals surface area contributed by atoms with Crippen molar-refractivity contribution in [2.75, 3.05) is 12.8 Å². The third kappa shape index (κ3) is 4.92. The molecular weight excluding hydrogens is 440 g/mol. The molecule has 0 fully saturated rings. The van der Waals surface area contributed by atoms with Gasteiger partial charge in [0.1, 0.15) is 35.9 Å². The zero-order valence-electron chi connectivity index (χ0n) is 19.7. The number of hydrogen-bond donors (Lipinski definition) is 1. The van der Waals surface area contributed by atoms with Crippen molar-refractivity contribution in [2.24, 2.45) is 0 Å². The SMILES string of the molecule is COc1ccc(C)cc1Cn1cc(COc2ccc(-c3c(C)cc(C#N)c(N)c3C#N)cc2)nn1. The Morgan fingerprint density at radius 1 is 1.03 bits per heavy atom. The van der Waals surface area contributed by atoms with E-state index in [2.05, 4.69) is 22.4 Å². The number of aromatic nitrogens is 3. The molecule has 1 heterocycles. The highest BCUT2D eigenvalue weighted by Gasteiger charge is 2.16. The first-order chi connectivity index (χ1) is 16.9. The number of methoxy groups -OCH3 is 1. The average molecular weight is 465 g/mol. The molecule has 0 saturated carbocycles. The molecule has 0 amide bonds. The van der Waals surface area contributed by atoms with Crippen molar-refractivity contribution in [3.63, 3.8) is 0 Å². The minimum absolute atomic E-state index is 0.197. The zero-order valence-corrected chi connectivity index (χ0v) is 19.7. The highest BCUT2D eigenvalue weighted by Crippen LogP contribution is 2.34. The maximum Gasteiger partial charge on any atom is 0.134 e. The molecule has 0 saturated heterocycles. The first-order valence-electron chi connectivity index (χ1n) is 10.9. The van der Waals surface area contributed by atoms with Crippen molar-refractivity contribution in [2.45, 2.75) is 27.0 Å². The van der Waals surface area contributed by atoms with Crippen molar-refractivity contribution in [1.29, 1.82) is 10.5 Å². The van der Waals surface area contributed by atoms with Gasteiger partial charge in [0, 0.05) is 11.1 Å². The maximum absolute atomic E-state index is 9.62. The lowest BCUT2D eigenvalue weighted by Crippen LogP contribution is -2.03. The minimum atomic E-state index is 0.197. The van der Waals surface area contributed by atoms with Crippen LogP contribution in [0.3, 0.4) is 0 Å². The second-order valence-electron chi connectivity index (χ2n) is 8.16. The van der Waals surface area contributed by atoms with Gasteiger partial charge in [-0.2, -0.15) is 10.5 Å². The lowest BCUT2D eigenvalue weighted by molar-refractivity contribution is 0.301. The van der Waals surface area contributed by atoms with Crippen LogP contribution in [0.15, 0.2) is 54.7 Å². The number of anilines is 1. The van der Waals surface area contributed by atoms with Crippen LogP contribution < -0.4 is 15.2 Å². The lowest BCUT2D eigenvalue weighted by atomic mass is 9.92. The van der Waals surface area contributed by atoms with Gasteiger partial charge in [0.15, 0.2) is 0 Å². The highest BCUT2D eigenvalue weighted by atomic mass is 16.5. The first kappa shape index (κ1) is 23.3. The number of benzene rings is 3. The Hall–Kier alpha value is -4.82. The van der Waals surface area contributed by atoms with Crippen molar-refractivity contribution in [3.05, 3.63) is 88.2 Å². The molecule has 35 heavy (non-hydrogen) atoms. The lowest BCUT2D eigenvalue weighted by Gasteiger charge is -2.13. The van der Waals surface area contributed by atoms with Crippen LogP contribution in [0.25, 0.3) is 11.1 Å². The van der Waals surface area contributed by atoms with E-state index < -0.39 is 0 Å². The summed E-state index contributed by atoms with van der Waals surface area (Å²) in [6.45, 7) is 4.70. The van der Waals surface area contributed by atoms with E-state index in [1.54, 1.807) is 17.9 Å². The van der Waals surface area contributed by atoms with Crippen LogP contribution in [0.2, 0.25) is 0 Å². The quantitative estimate of drug-likeness (QED) is 0.399. The van der Waals surface area contributed by atoms with E-state index in [1.807, 2.05) is 62.5 Å². The number of hydrogen-bond acceptors (Lipinski definition) is 7. The Morgan fingerprint density at radius 2 is 1.80 bits per heavy atom. The third-order valence-corrected chi connectivity index (χ3v) is 5.68. The Bertz CT molecular complexity index is 1460. The summed E-state index contributed by atoms with van der Waals surface area (Å²) in [5, 5.41) is 27.3. The van der Waals surface area contributed by atoms with E-state index in [0.717, 1.165) is 28.0 Å². The highest BCUT2D eigenvalue weighted by molar-refractivity contribution is 5.82. The largest absolute Gasteiger partial charge is 0.496 e. The first-order valence-corrected chi connectivity index (χ1v) is 10.9. The minimum Gasteiger partial charge on any atom is -0.496 e. The van der Waals surface area contributed by atoms with Gasteiger partial charge in [0.2, 0.25) is 0 Å². The number of nitriles is 2. The molecule has 8 heteroatoms. The zero-order chi connectivity index (χ0) is 24.9. The van der Waals surface area contributed by atoms with Gasteiger partial charge in [-0.1, -0.05) is 35.0 Å². The van der Waals surface area contributed by atoms with E-state index in [-0.39, 0.29) is 12.3 Å². The second kappa shape index (κ2) is 9.98. The van der Waals surface area contributed by atoms with Crippen molar-refractivity contribution in [1.82, 2.24) is 15.0 Å². The van der Waals surface area contributed by atoms with Gasteiger partial charge in [-0.25, -0.2) is 4.68 Å². The van der Waals surface area contributed by atoms with Crippen LogP contribution in [0.1, 0.15) is 33.5 Å². The molecule has 0 aliphatic rings. The van der Waals surface area contributed by atoms with Crippen molar-refractivity contribution < 1.29 is 9.47 Å². The van der Waals surface area contributed by atoms with Crippen LogP contribution in [-0.2, 0) is 13.2 Å². The van der Waals surface area contributed by atoms with Crippen LogP contribution in [0.4, 0.5) is 5.69 Å². The summed E-state index contributed by atoms with van der Waals surface area (Å²) in [5.74, 6) is 1.46. The van der Waals surface area contributed by atoms with Crippen LogP contribution >= 0.6 is 0 Å². The fourth-order valence-corrected chi connectivity index (χ4v) is 3.98. The molecule has 4 aromatic rings. The molecular formula is C27H24N6O2. The number of nitrogens with two attached hydrogens (primary N) is 1. The summed E-state index contributed by atoms with van der Waals surface area (Å²) < 4.78 is 13.1. The van der Waals surface area contributed by atoms with E-state index >= 15 is 0 Å². The van der Waals surface area contributed by atoms with Crippen molar-refractivity contribution >= 4 is 5.69 Å². The molecule has 0 atom stereocenters. The molecule has 0 aliphatic heterocycles. The predicted octanol–water partition coefficient (Wildman–Crippen LogP) is 4.52. The summed E-state index contributed by atoms with van der Waals surface area (Å²) in [6, 6.07) is 19.3. The number of aryl methyl sites for hydroxylation is 2. The monoisotopic (exact) mass is 464 g/mol. The molecule has 8 nitrogen and oxygen atoms in total. The summed E-state index contributed by atoms with van der Waals surface area (Å²) in [4.78, 5) is 0. The molecule has 0 unspecified atom stereocenters. The summed E-state index contributed by atoms with van der Waals surface area (Å²) >= 11 is 0. The Morgan fingerprint density at radius 3 is 2.49 bits per heavy atom. The van der Waals surface area contributed by atoms with Gasteiger partial charge >= 0.3 is 0 Å². The van der Waals surface area contributed by atoms with Gasteiger partial charge < -0.3 is 15.2 Å². The Kier molecular flexibility index (Phi) is 6.66. The molecule has 0 spiro atoms. The predicted molar refractivity (Wildman–Crippen MR) is 132 cm³/mol. The summed E-state index contributed by atoms with van der Waals surface area (Å²) in [5.41, 5.74) is 12.0. The fraction of sp³-hybridized carbons (Fsp3) is 0.185. The molecule has 0 bridgehead atoms. The Labute approximate surface area is 203 Å². The van der Waals surface area contributed by atoms with Gasteiger partial charge in [-0.3, -0.25) is 0 Å². The topological polar surface area (TPSA) is 123 Å². The standard InChI is InChI=1S/C27H24N6O2/c1-17-4-9-25(34-3)21(10-17)14-33-15-22(31-32-33)16-35-23-7-5-19(6-8-23)26-18(2)11-20(12-28)27(30)24(26)13-29/h4-11,15H,14,16,30H2,1-3H3. The molecule has 174 valence electrons. The van der Waals surface area contributed by atoms with Crippen molar-refractivity contribution in [3.8, 4) is 34.8 Å². The summed E-state index contributed by atoms with van der Waals surface area (Å²) in [7, 11) is 1.65. The smallest absolute Gasteiger partial charge is 0.134 e. The van der Waals surface area contributed by atoms with Crippen LogP contribution in [-0.4, -0.2) is 22.1 Å². The second-order valence-corrected chi connectivity index (χ2v) is 8.16. The van der Waals surface area contributed by atoms with Gasteiger partial charge in [0.25, 0.3) is 0 Å². The molecule has 3 aromatic carbocycles. The molecule has 0 radical (unpaired) electrons. The average Bonchev–Trinajstić information content (AvgIpc) is 3.31. The van der Waals surface area contributed by atoms with E-state index in [4.69, 9.17) is 15.2 Å². The number of ether oxygens (including phenoxy) is 2. The number of nitrogen functional groups attached to an aromatic ring is 1. The van der Waals surface area contributed by atoms with Gasteiger partial charge in [-0.15, -0.1) is 5.10 Å². The molecule has 0 aliphatic carbocycles. The maximum atomic E-state index is 9.62. The molecule has 4 rings (SSSR count). The van der Waals surface area contributed by atoms with E-state index in [1.165, 1.54) is 0 Å². The van der Waals surface area contributed by atoms with Gasteiger partial charge in [0.05, 0.1) is 36.7 Å².